The summed E-state index contributed by atoms with van der Waals surface area (Å²) in [7, 11) is 0. The second-order valence-electron chi connectivity index (χ2n) is 6.83. The number of amides is 1. The van der Waals surface area contributed by atoms with E-state index in [1.54, 1.807) is 24.3 Å². The average Bonchev–Trinajstić information content (AvgIpc) is 3.14. The van der Waals surface area contributed by atoms with E-state index in [9.17, 15) is 19.5 Å². The number of fused-ring (bicyclic) bond motifs is 1. The van der Waals surface area contributed by atoms with Crippen LogP contribution in [-0.2, 0) is 9.59 Å². The van der Waals surface area contributed by atoms with Crippen molar-refractivity contribution in [2.45, 2.75) is 45.2 Å². The van der Waals surface area contributed by atoms with Gasteiger partial charge in [-0.1, -0.05) is 32.4 Å². The molecule has 2 heterocycles. The molecule has 1 aliphatic rings. The zero-order valence-electron chi connectivity index (χ0n) is 15.0. The van der Waals surface area contributed by atoms with E-state index < -0.39 is 18.1 Å². The van der Waals surface area contributed by atoms with Crippen LogP contribution in [0.4, 0.5) is 0 Å². The molecule has 1 N–H and O–H groups in total. The molecule has 138 valence electrons. The van der Waals surface area contributed by atoms with E-state index in [4.69, 9.17) is 0 Å². The first-order chi connectivity index (χ1) is 12.5. The van der Waals surface area contributed by atoms with E-state index in [0.717, 1.165) is 0 Å². The van der Waals surface area contributed by atoms with Crippen LogP contribution in [0.3, 0.4) is 0 Å². The van der Waals surface area contributed by atoms with Crippen LogP contribution in [0.25, 0.3) is 10.9 Å². The Balaban J connectivity index is 2.07. The Kier molecular flexibility index (Phi) is 5.06. The molecule has 1 aromatic carbocycles. The molecule has 1 amide bonds. The third-order valence-electron chi connectivity index (χ3n) is 5.25. The molecule has 3 rings (SSSR count). The molecular weight excluding hydrogens is 334 g/mol. The average molecular weight is 357 g/mol. The van der Waals surface area contributed by atoms with E-state index in [1.807, 2.05) is 13.8 Å². The number of carbonyl (C=O) groups is 2. The number of carbonyl (C=O) groups excluding carboxylic acids is 1. The molecule has 1 saturated heterocycles. The zero-order valence-corrected chi connectivity index (χ0v) is 15.0. The minimum Gasteiger partial charge on any atom is -0.480 e. The fourth-order valence-electron chi connectivity index (χ4n) is 3.60. The molecule has 1 aromatic heterocycles. The Hall–Kier alpha value is -2.70. The van der Waals surface area contributed by atoms with E-state index in [2.05, 4.69) is 4.98 Å². The number of para-hydroxylation sites is 1. The third kappa shape index (κ3) is 3.09. The van der Waals surface area contributed by atoms with E-state index >= 15 is 0 Å². The van der Waals surface area contributed by atoms with Gasteiger partial charge in [-0.3, -0.25) is 14.2 Å². The maximum absolute atomic E-state index is 13.2. The highest BCUT2D eigenvalue weighted by atomic mass is 16.4. The van der Waals surface area contributed by atoms with Gasteiger partial charge in [-0.15, -0.1) is 0 Å². The number of hydrogen-bond acceptors (Lipinski definition) is 4. The molecule has 1 aliphatic heterocycles. The molecule has 0 spiro atoms. The fraction of sp³-hybridized carbons (Fsp3) is 0.474. The Morgan fingerprint density at radius 2 is 2.08 bits per heavy atom. The van der Waals surface area contributed by atoms with Crippen LogP contribution in [0.15, 0.2) is 35.4 Å². The van der Waals surface area contributed by atoms with Crippen molar-refractivity contribution in [3.8, 4) is 0 Å². The summed E-state index contributed by atoms with van der Waals surface area (Å²) in [6.07, 6.45) is 3.19. The summed E-state index contributed by atoms with van der Waals surface area (Å²) in [6, 6.07) is 5.43. The van der Waals surface area contributed by atoms with Crippen molar-refractivity contribution in [1.29, 1.82) is 0 Å². The number of carboxylic acid groups (broad SMARTS) is 1. The minimum atomic E-state index is -0.997. The normalized spacial score (nSPS) is 19.5. The molecule has 3 atom stereocenters. The lowest BCUT2D eigenvalue weighted by Gasteiger charge is -2.30. The number of aliphatic carboxylic acids is 1. The van der Waals surface area contributed by atoms with Crippen molar-refractivity contribution >= 4 is 22.8 Å². The maximum Gasteiger partial charge on any atom is 0.326 e. The minimum absolute atomic E-state index is 0.127. The van der Waals surface area contributed by atoms with Crippen molar-refractivity contribution in [1.82, 2.24) is 14.5 Å². The quantitative estimate of drug-likeness (QED) is 0.884. The summed E-state index contributed by atoms with van der Waals surface area (Å²) in [5, 5.41) is 9.85. The molecule has 0 aliphatic carbocycles. The Morgan fingerprint density at radius 1 is 1.35 bits per heavy atom. The maximum atomic E-state index is 13.2. The second kappa shape index (κ2) is 7.27. The van der Waals surface area contributed by atoms with E-state index in [1.165, 1.54) is 15.8 Å². The van der Waals surface area contributed by atoms with Crippen LogP contribution in [-0.4, -0.2) is 44.0 Å². The highest BCUT2D eigenvalue weighted by molar-refractivity contribution is 5.87. The highest BCUT2D eigenvalue weighted by Gasteiger charge is 2.39. The first-order valence-corrected chi connectivity index (χ1v) is 8.94. The summed E-state index contributed by atoms with van der Waals surface area (Å²) in [6.45, 7) is 4.25. The van der Waals surface area contributed by atoms with E-state index in [-0.39, 0.29) is 17.4 Å². The number of benzene rings is 1. The standard InChI is InChI=1S/C19H23N3O4/c1-3-12(2)16(18(24)21-10-6-9-15(21)19(25)26)22-11-20-14-8-5-4-7-13(14)17(22)23/h4-5,7-8,11-12,15-16H,3,6,9-10H2,1-2H3,(H,25,26)/t12-,15+,16-/m0/s1. The Morgan fingerprint density at radius 3 is 2.77 bits per heavy atom. The summed E-state index contributed by atoms with van der Waals surface area (Å²) < 4.78 is 1.37. The smallest absolute Gasteiger partial charge is 0.326 e. The molecule has 2 aromatic rings. The van der Waals surface area contributed by atoms with Gasteiger partial charge in [0.2, 0.25) is 5.91 Å². The van der Waals surface area contributed by atoms with Gasteiger partial charge in [0.15, 0.2) is 0 Å². The summed E-state index contributed by atoms with van der Waals surface area (Å²) >= 11 is 0. The topological polar surface area (TPSA) is 92.5 Å². The summed E-state index contributed by atoms with van der Waals surface area (Å²) in [4.78, 5) is 43.4. The lowest BCUT2D eigenvalue weighted by atomic mass is 9.97. The van der Waals surface area contributed by atoms with Crippen molar-refractivity contribution in [2.75, 3.05) is 6.54 Å². The summed E-state index contributed by atoms with van der Waals surface area (Å²) in [5.41, 5.74) is 0.300. The predicted octanol–water partition coefficient (Wildman–Crippen LogP) is 2.06. The number of nitrogens with zero attached hydrogens (tertiary/aromatic N) is 3. The molecule has 1 fully saturated rings. The largest absolute Gasteiger partial charge is 0.480 e. The number of hydrogen-bond donors (Lipinski definition) is 1. The van der Waals surface area contributed by atoms with Gasteiger partial charge in [-0.05, 0) is 30.9 Å². The van der Waals surface area contributed by atoms with Gasteiger partial charge >= 0.3 is 5.97 Å². The molecule has 0 bridgehead atoms. The number of carboxylic acids is 1. The molecule has 7 heteroatoms. The molecule has 0 radical (unpaired) electrons. The van der Waals surface area contributed by atoms with Gasteiger partial charge in [-0.2, -0.15) is 0 Å². The molecule has 0 unspecified atom stereocenters. The zero-order chi connectivity index (χ0) is 18.8. The van der Waals surface area contributed by atoms with Crippen LogP contribution in [0.1, 0.15) is 39.2 Å². The van der Waals surface area contributed by atoms with Gasteiger partial charge in [0.25, 0.3) is 5.56 Å². The van der Waals surface area contributed by atoms with Crippen LogP contribution < -0.4 is 5.56 Å². The second-order valence-corrected chi connectivity index (χ2v) is 6.83. The van der Waals surface area contributed by atoms with Gasteiger partial charge in [-0.25, -0.2) is 9.78 Å². The lowest BCUT2D eigenvalue weighted by molar-refractivity contribution is -0.150. The van der Waals surface area contributed by atoms with Gasteiger partial charge in [0.05, 0.1) is 17.2 Å². The van der Waals surface area contributed by atoms with Crippen LogP contribution in [0.2, 0.25) is 0 Å². The van der Waals surface area contributed by atoms with Gasteiger partial charge in [0, 0.05) is 6.54 Å². The van der Waals surface area contributed by atoms with Crippen molar-refractivity contribution in [2.24, 2.45) is 5.92 Å². The first-order valence-electron chi connectivity index (χ1n) is 8.94. The number of aromatic nitrogens is 2. The number of likely N-dealkylation sites (tertiary alicyclic amines) is 1. The van der Waals surface area contributed by atoms with Crippen molar-refractivity contribution in [3.63, 3.8) is 0 Å². The highest BCUT2D eigenvalue weighted by Crippen LogP contribution is 2.27. The Labute approximate surface area is 151 Å². The van der Waals surface area contributed by atoms with Crippen molar-refractivity contribution < 1.29 is 14.7 Å². The summed E-state index contributed by atoms with van der Waals surface area (Å²) in [5.74, 6) is -1.44. The first kappa shape index (κ1) is 18.1. The predicted molar refractivity (Wildman–Crippen MR) is 96.9 cm³/mol. The molecular formula is C19H23N3O4. The van der Waals surface area contributed by atoms with E-state index in [0.29, 0.717) is 36.7 Å². The van der Waals surface area contributed by atoms with Crippen LogP contribution >= 0.6 is 0 Å². The van der Waals surface area contributed by atoms with Crippen molar-refractivity contribution in [3.05, 3.63) is 40.9 Å². The van der Waals surface area contributed by atoms with Crippen LogP contribution in [0.5, 0.6) is 0 Å². The van der Waals surface area contributed by atoms with Crippen LogP contribution in [0, 0.1) is 5.92 Å². The van der Waals surface area contributed by atoms with Gasteiger partial charge in [0.1, 0.15) is 12.1 Å². The fourth-order valence-corrected chi connectivity index (χ4v) is 3.60. The third-order valence-corrected chi connectivity index (χ3v) is 5.25. The Bertz CT molecular complexity index is 892. The van der Waals surface area contributed by atoms with Gasteiger partial charge < -0.3 is 10.0 Å². The monoisotopic (exact) mass is 357 g/mol. The molecule has 26 heavy (non-hydrogen) atoms. The molecule has 7 nitrogen and oxygen atoms in total. The molecule has 0 saturated carbocycles. The number of rotatable bonds is 5. The lowest BCUT2D eigenvalue weighted by Crippen LogP contribution is -2.47. The SMILES string of the molecule is CC[C@H](C)[C@@H](C(=O)N1CCC[C@@H]1C(=O)O)n1cnc2ccccc2c1=O.